The Morgan fingerprint density at radius 1 is 1.20 bits per heavy atom. The molecule has 0 bridgehead atoms. The highest BCUT2D eigenvalue weighted by molar-refractivity contribution is 5.60. The third-order valence-corrected chi connectivity index (χ3v) is 3.28. The van der Waals surface area contributed by atoms with E-state index in [0.717, 1.165) is 11.4 Å². The molecule has 0 saturated carbocycles. The molecule has 2 aromatic carbocycles. The van der Waals surface area contributed by atoms with Gasteiger partial charge < -0.3 is 15.8 Å². The van der Waals surface area contributed by atoms with E-state index in [2.05, 4.69) is 43.4 Å². The van der Waals surface area contributed by atoms with E-state index in [1.54, 1.807) is 0 Å². The van der Waals surface area contributed by atoms with E-state index < -0.39 is 0 Å². The Morgan fingerprint density at radius 2 is 1.95 bits per heavy atom. The van der Waals surface area contributed by atoms with Crippen LogP contribution in [0.5, 0.6) is 5.75 Å². The van der Waals surface area contributed by atoms with Crippen LogP contribution in [0.15, 0.2) is 42.5 Å². The summed E-state index contributed by atoms with van der Waals surface area (Å²) < 4.78 is 5.52. The Labute approximate surface area is 120 Å². The van der Waals surface area contributed by atoms with Gasteiger partial charge in [-0.2, -0.15) is 0 Å². The van der Waals surface area contributed by atoms with Gasteiger partial charge >= 0.3 is 0 Å². The molecule has 2 rings (SSSR count). The molecular formula is C17H22N2O. The Morgan fingerprint density at radius 3 is 2.65 bits per heavy atom. The third kappa shape index (κ3) is 3.44. The highest BCUT2D eigenvalue weighted by Crippen LogP contribution is 2.27. The summed E-state index contributed by atoms with van der Waals surface area (Å²) in [5, 5.41) is 3.48. The molecule has 3 heteroatoms. The number of hydrogen-bond acceptors (Lipinski definition) is 3. The average molecular weight is 270 g/mol. The van der Waals surface area contributed by atoms with E-state index in [1.807, 2.05) is 25.1 Å². The van der Waals surface area contributed by atoms with Gasteiger partial charge in [-0.3, -0.25) is 0 Å². The third-order valence-electron chi connectivity index (χ3n) is 3.28. The molecule has 1 unspecified atom stereocenters. The lowest BCUT2D eigenvalue weighted by Crippen LogP contribution is -2.08. The van der Waals surface area contributed by atoms with Crippen LogP contribution in [0.4, 0.5) is 11.4 Å². The fourth-order valence-corrected chi connectivity index (χ4v) is 2.36. The van der Waals surface area contributed by atoms with Crippen molar-refractivity contribution in [2.45, 2.75) is 26.8 Å². The Kier molecular flexibility index (Phi) is 4.51. The number of nitrogen functional groups attached to an aromatic ring is 1. The number of nitrogens with two attached hydrogens (primary N) is 1. The summed E-state index contributed by atoms with van der Waals surface area (Å²) in [6.45, 7) is 6.87. The molecule has 0 aliphatic heterocycles. The maximum absolute atomic E-state index is 5.91. The van der Waals surface area contributed by atoms with E-state index in [9.17, 15) is 0 Å². The van der Waals surface area contributed by atoms with Crippen LogP contribution in [-0.4, -0.2) is 6.61 Å². The molecule has 0 spiro atoms. The zero-order chi connectivity index (χ0) is 14.5. The molecule has 2 aromatic rings. The Balaban J connectivity index is 2.19. The van der Waals surface area contributed by atoms with Gasteiger partial charge in [-0.15, -0.1) is 0 Å². The van der Waals surface area contributed by atoms with Gasteiger partial charge in [0.25, 0.3) is 0 Å². The monoisotopic (exact) mass is 270 g/mol. The molecule has 0 radical (unpaired) electrons. The van der Waals surface area contributed by atoms with Gasteiger partial charge in [0.1, 0.15) is 5.75 Å². The molecule has 1 atom stereocenters. The van der Waals surface area contributed by atoms with Crippen LogP contribution in [0.1, 0.15) is 31.0 Å². The summed E-state index contributed by atoms with van der Waals surface area (Å²) in [6.07, 6.45) is 0. The fourth-order valence-electron chi connectivity index (χ4n) is 2.36. The van der Waals surface area contributed by atoms with Crippen LogP contribution in [-0.2, 0) is 0 Å². The molecule has 0 fully saturated rings. The van der Waals surface area contributed by atoms with Gasteiger partial charge in [0.2, 0.25) is 0 Å². The first kappa shape index (κ1) is 14.3. The second kappa shape index (κ2) is 6.33. The molecule has 20 heavy (non-hydrogen) atoms. The van der Waals surface area contributed by atoms with Crippen molar-refractivity contribution in [1.29, 1.82) is 0 Å². The van der Waals surface area contributed by atoms with Crippen molar-refractivity contribution in [1.82, 2.24) is 0 Å². The van der Waals surface area contributed by atoms with E-state index in [1.165, 1.54) is 11.1 Å². The standard InChI is InChI=1S/C17H22N2O/c1-4-20-16-10-14(18)9-15(11-16)19-13(3)17-8-6-5-7-12(17)2/h5-11,13,19H,4,18H2,1-3H3. The van der Waals surface area contributed by atoms with Crippen molar-refractivity contribution in [3.8, 4) is 5.75 Å². The summed E-state index contributed by atoms with van der Waals surface area (Å²) in [5.74, 6) is 0.798. The van der Waals surface area contributed by atoms with Crippen molar-refractivity contribution in [2.24, 2.45) is 0 Å². The highest BCUT2D eigenvalue weighted by Gasteiger charge is 2.08. The molecule has 3 N–H and O–H groups in total. The number of rotatable bonds is 5. The summed E-state index contributed by atoms with van der Waals surface area (Å²) in [4.78, 5) is 0. The lowest BCUT2D eigenvalue weighted by molar-refractivity contribution is 0.340. The summed E-state index contributed by atoms with van der Waals surface area (Å²) in [5.41, 5.74) is 10.2. The molecule has 0 amide bonds. The molecule has 0 saturated heterocycles. The zero-order valence-electron chi connectivity index (χ0n) is 12.3. The van der Waals surface area contributed by atoms with E-state index in [0.29, 0.717) is 12.3 Å². The highest BCUT2D eigenvalue weighted by atomic mass is 16.5. The number of nitrogens with one attached hydrogen (secondary N) is 1. The zero-order valence-corrected chi connectivity index (χ0v) is 12.3. The van der Waals surface area contributed by atoms with Crippen LogP contribution in [0.3, 0.4) is 0 Å². The van der Waals surface area contributed by atoms with Crippen molar-refractivity contribution in [3.63, 3.8) is 0 Å². The lowest BCUT2D eigenvalue weighted by Gasteiger charge is -2.18. The Bertz CT molecular complexity index is 581. The lowest BCUT2D eigenvalue weighted by atomic mass is 10.0. The number of anilines is 2. The van der Waals surface area contributed by atoms with Gasteiger partial charge in [0.05, 0.1) is 6.61 Å². The predicted molar refractivity (Wildman–Crippen MR) is 85.2 cm³/mol. The molecular weight excluding hydrogens is 248 g/mol. The van der Waals surface area contributed by atoms with Gasteiger partial charge in [0, 0.05) is 29.5 Å². The number of aryl methyl sites for hydroxylation is 1. The maximum Gasteiger partial charge on any atom is 0.123 e. The van der Waals surface area contributed by atoms with E-state index in [4.69, 9.17) is 10.5 Å². The fraction of sp³-hybridized carbons (Fsp3) is 0.294. The van der Waals surface area contributed by atoms with Crippen LogP contribution < -0.4 is 15.8 Å². The predicted octanol–water partition coefficient (Wildman–Crippen LogP) is 4.15. The number of benzene rings is 2. The van der Waals surface area contributed by atoms with Crippen LogP contribution >= 0.6 is 0 Å². The molecule has 3 nitrogen and oxygen atoms in total. The number of ether oxygens (including phenoxy) is 1. The quantitative estimate of drug-likeness (QED) is 0.802. The van der Waals surface area contributed by atoms with Gasteiger partial charge in [-0.25, -0.2) is 0 Å². The smallest absolute Gasteiger partial charge is 0.123 e. The SMILES string of the molecule is CCOc1cc(N)cc(NC(C)c2ccccc2C)c1. The molecule has 0 aliphatic rings. The molecule has 0 aromatic heterocycles. The summed E-state index contributed by atoms with van der Waals surface area (Å²) in [7, 11) is 0. The van der Waals surface area contributed by atoms with Gasteiger partial charge in [-0.1, -0.05) is 24.3 Å². The summed E-state index contributed by atoms with van der Waals surface area (Å²) in [6, 6.07) is 14.3. The topological polar surface area (TPSA) is 47.3 Å². The molecule has 106 valence electrons. The Hall–Kier alpha value is -2.16. The second-order valence-corrected chi connectivity index (χ2v) is 4.95. The van der Waals surface area contributed by atoms with E-state index >= 15 is 0 Å². The molecule has 0 aliphatic carbocycles. The normalized spacial score (nSPS) is 11.9. The first-order chi connectivity index (χ1) is 9.60. The van der Waals surface area contributed by atoms with Crippen LogP contribution in [0.2, 0.25) is 0 Å². The minimum absolute atomic E-state index is 0.215. The minimum atomic E-state index is 0.215. The molecule has 0 heterocycles. The number of hydrogen-bond donors (Lipinski definition) is 2. The summed E-state index contributed by atoms with van der Waals surface area (Å²) >= 11 is 0. The largest absolute Gasteiger partial charge is 0.494 e. The average Bonchev–Trinajstić information content (AvgIpc) is 2.38. The van der Waals surface area contributed by atoms with Crippen LogP contribution in [0, 0.1) is 6.92 Å². The maximum atomic E-state index is 5.91. The van der Waals surface area contributed by atoms with Crippen molar-refractivity contribution in [3.05, 3.63) is 53.6 Å². The van der Waals surface area contributed by atoms with Crippen molar-refractivity contribution >= 4 is 11.4 Å². The second-order valence-electron chi connectivity index (χ2n) is 4.95. The van der Waals surface area contributed by atoms with Crippen molar-refractivity contribution in [2.75, 3.05) is 17.7 Å². The van der Waals surface area contributed by atoms with Gasteiger partial charge in [-0.05, 0) is 38.0 Å². The first-order valence-electron chi connectivity index (χ1n) is 6.95. The first-order valence-corrected chi connectivity index (χ1v) is 6.95. The van der Waals surface area contributed by atoms with Crippen molar-refractivity contribution < 1.29 is 4.74 Å². The van der Waals surface area contributed by atoms with E-state index in [-0.39, 0.29) is 6.04 Å². The van der Waals surface area contributed by atoms with Crippen LogP contribution in [0.25, 0.3) is 0 Å². The minimum Gasteiger partial charge on any atom is -0.494 e. The van der Waals surface area contributed by atoms with Gasteiger partial charge in [0.15, 0.2) is 0 Å².